The molecule has 0 atom stereocenters. The fourth-order valence-corrected chi connectivity index (χ4v) is 1.73. The molecule has 0 bridgehead atoms. The van der Waals surface area contributed by atoms with Crippen LogP contribution in [0.15, 0.2) is 47.4 Å². The summed E-state index contributed by atoms with van der Waals surface area (Å²) in [4.78, 5) is 13.4. The predicted molar refractivity (Wildman–Crippen MR) is 89.6 cm³/mol. The molecule has 116 valence electrons. The molecule has 2 rings (SSSR count). The molecule has 4 heteroatoms. The third-order valence-corrected chi connectivity index (χ3v) is 2.70. The monoisotopic (exact) mass is 306 g/mol. The lowest BCUT2D eigenvalue weighted by Gasteiger charge is -2.22. The van der Waals surface area contributed by atoms with Gasteiger partial charge in [0, 0.05) is 5.56 Å². The van der Waals surface area contributed by atoms with Crippen LogP contribution in [0.1, 0.15) is 44.2 Å². The number of nitrogens with zero attached hydrogens (tertiary/aromatic N) is 2. The van der Waals surface area contributed by atoms with Crippen LogP contribution in [0, 0.1) is 0 Å². The summed E-state index contributed by atoms with van der Waals surface area (Å²) in [5.74, 6) is 0. The van der Waals surface area contributed by atoms with E-state index < -0.39 is 76.5 Å². The Hall–Kier alpha value is -2.36. The van der Waals surface area contributed by atoms with Gasteiger partial charge in [-0.3, -0.25) is 4.79 Å². The topological polar surface area (TPSA) is 44.1 Å². The highest BCUT2D eigenvalue weighted by atomic mass is 16.5. The summed E-state index contributed by atoms with van der Waals surface area (Å²) in [5.41, 5.74) is -3.10. The van der Waals surface area contributed by atoms with Gasteiger partial charge in [0.15, 0.2) is 0 Å². The summed E-state index contributed by atoms with van der Waals surface area (Å²) in [6, 6.07) is -3.90. The van der Waals surface area contributed by atoms with Crippen molar-refractivity contribution in [2.45, 2.75) is 33.2 Å². The Balaban J connectivity index is 3.18. The van der Waals surface area contributed by atoms with Crippen LogP contribution < -0.4 is 5.56 Å². The number of benzene rings is 1. The molecule has 0 spiro atoms. The summed E-state index contributed by atoms with van der Waals surface area (Å²) < 4.78 is 70.5. The van der Waals surface area contributed by atoms with E-state index in [1.807, 2.05) is 0 Å². The van der Waals surface area contributed by atoms with Crippen LogP contribution >= 0.6 is 0 Å². The zero-order valence-corrected chi connectivity index (χ0v) is 12.9. The third-order valence-electron chi connectivity index (χ3n) is 2.70. The second kappa shape index (κ2) is 6.60. The Morgan fingerprint density at radius 2 is 2.05 bits per heavy atom. The Kier molecular flexibility index (Phi) is 2.50. The Bertz CT molecular complexity index is 1070. The van der Waals surface area contributed by atoms with Gasteiger partial charge in [-0.2, -0.15) is 5.10 Å². The highest BCUT2D eigenvalue weighted by molar-refractivity contribution is 5.73. The maximum Gasteiger partial charge on any atom is 0.275 e. The van der Waals surface area contributed by atoms with Gasteiger partial charge in [0.1, 0.15) is 1.37 Å². The van der Waals surface area contributed by atoms with E-state index in [1.54, 1.807) is 27.7 Å². The second-order valence-electron chi connectivity index (χ2n) is 5.41. The van der Waals surface area contributed by atoms with Gasteiger partial charge in [-0.1, -0.05) is 30.2 Å². The van der Waals surface area contributed by atoms with Crippen molar-refractivity contribution in [2.24, 2.45) is 0 Å². The molecule has 22 heavy (non-hydrogen) atoms. The fraction of sp³-hybridized carbons (Fsp3) is 0.333. The zero-order valence-electron chi connectivity index (χ0n) is 20.9. The normalized spacial score (nSPS) is 17.8. The minimum Gasteiger partial charge on any atom is -0.501 e. The molecule has 0 N–H and O–H groups in total. The summed E-state index contributed by atoms with van der Waals surface area (Å²) >= 11 is 0. The summed E-state index contributed by atoms with van der Waals surface area (Å²) in [5, 5.41) is 3.94. The maximum atomic E-state index is 13.4. The number of ether oxygens (including phenoxy) is 1. The molecular formula is C18H22N2O2. The highest BCUT2D eigenvalue weighted by Crippen LogP contribution is 2.22. The van der Waals surface area contributed by atoms with Crippen molar-refractivity contribution < 1.29 is 15.7 Å². The predicted octanol–water partition coefficient (Wildman–Crippen LogP) is 3.67. The van der Waals surface area contributed by atoms with Crippen molar-refractivity contribution in [3.05, 3.63) is 58.5 Å². The molecule has 0 amide bonds. The van der Waals surface area contributed by atoms with E-state index in [0.717, 1.165) is 4.68 Å². The van der Waals surface area contributed by atoms with Crippen molar-refractivity contribution >= 4 is 6.05 Å². The van der Waals surface area contributed by atoms with E-state index in [-0.39, 0.29) is 6.61 Å². The van der Waals surface area contributed by atoms with Gasteiger partial charge in [-0.15, -0.1) is 0 Å². The standard InChI is InChI=1S/C18H22N2O2/c1-5-22-12-11-15-13-19-20(18(2,3)4)17(21)16(15)14-9-7-6-8-10-14/h6-13H,5H2,1-4H3/i6D,7D,8D,9D,10D,11D,12D,13D. The summed E-state index contributed by atoms with van der Waals surface area (Å²) in [6.07, 6.45) is -1.19. The van der Waals surface area contributed by atoms with Gasteiger partial charge in [0.05, 0.1) is 39.7 Å². The molecule has 0 aliphatic carbocycles. The fourth-order valence-electron chi connectivity index (χ4n) is 1.73. The lowest BCUT2D eigenvalue weighted by Crippen LogP contribution is -2.37. The van der Waals surface area contributed by atoms with E-state index in [4.69, 9.17) is 15.7 Å². The van der Waals surface area contributed by atoms with E-state index in [0.29, 0.717) is 0 Å². The number of hydrogen-bond donors (Lipinski definition) is 0. The quantitative estimate of drug-likeness (QED) is 0.810. The van der Waals surface area contributed by atoms with Crippen molar-refractivity contribution in [3.8, 4) is 11.1 Å². The Morgan fingerprint density at radius 3 is 2.64 bits per heavy atom. The molecule has 1 heterocycles. The molecular weight excluding hydrogens is 276 g/mol. The molecule has 0 unspecified atom stereocenters. The van der Waals surface area contributed by atoms with Gasteiger partial charge >= 0.3 is 0 Å². The maximum absolute atomic E-state index is 13.4. The van der Waals surface area contributed by atoms with Crippen molar-refractivity contribution in [1.29, 1.82) is 0 Å². The average molecular weight is 306 g/mol. The Morgan fingerprint density at radius 1 is 1.36 bits per heavy atom. The van der Waals surface area contributed by atoms with Gasteiger partial charge in [0.2, 0.25) is 0 Å². The minimum absolute atomic E-state index is 0.0605. The first-order chi connectivity index (χ1) is 13.8. The van der Waals surface area contributed by atoms with Crippen molar-refractivity contribution in [2.75, 3.05) is 6.61 Å². The molecule has 0 saturated heterocycles. The molecule has 0 aliphatic rings. The lowest BCUT2D eigenvalue weighted by atomic mass is 10.0. The average Bonchev–Trinajstić information content (AvgIpc) is 2.66. The van der Waals surface area contributed by atoms with Crippen LogP contribution in [0.3, 0.4) is 0 Å². The van der Waals surface area contributed by atoms with Crippen LogP contribution in [0.5, 0.6) is 0 Å². The van der Waals surface area contributed by atoms with Gasteiger partial charge in [-0.25, -0.2) is 4.68 Å². The van der Waals surface area contributed by atoms with Crippen LogP contribution in [-0.2, 0) is 10.3 Å². The van der Waals surface area contributed by atoms with Crippen LogP contribution in [0.25, 0.3) is 17.2 Å². The van der Waals surface area contributed by atoms with Crippen LogP contribution in [-0.4, -0.2) is 16.4 Å². The lowest BCUT2D eigenvalue weighted by molar-refractivity contribution is 0.272. The first kappa shape index (κ1) is 8.32. The Labute approximate surface area is 142 Å². The van der Waals surface area contributed by atoms with Crippen LogP contribution in [0.2, 0.25) is 0 Å². The number of rotatable bonds is 4. The SMILES string of the molecule is [2H]C(OCC)=C([2H])c1c([2H])nn(C(C)(C)C)c(=O)c1-c1c([2H])c([2H])c([2H])c([2H])c1[2H]. The summed E-state index contributed by atoms with van der Waals surface area (Å²) in [7, 11) is 0. The third kappa shape index (κ3) is 3.45. The molecule has 0 aliphatic heterocycles. The first-order valence-corrected chi connectivity index (χ1v) is 6.77. The van der Waals surface area contributed by atoms with Gasteiger partial charge in [0.25, 0.3) is 5.56 Å². The van der Waals surface area contributed by atoms with E-state index in [2.05, 4.69) is 5.10 Å². The number of aromatic nitrogens is 2. The first-order valence-electron chi connectivity index (χ1n) is 10.8. The largest absolute Gasteiger partial charge is 0.501 e. The highest BCUT2D eigenvalue weighted by Gasteiger charge is 2.20. The zero-order chi connectivity index (χ0) is 23.1. The smallest absolute Gasteiger partial charge is 0.275 e. The molecule has 2 aromatic rings. The van der Waals surface area contributed by atoms with E-state index >= 15 is 0 Å². The molecule has 1 aromatic heterocycles. The molecule has 0 fully saturated rings. The van der Waals surface area contributed by atoms with Crippen molar-refractivity contribution in [3.63, 3.8) is 0 Å². The molecule has 0 radical (unpaired) electrons. The second-order valence-corrected chi connectivity index (χ2v) is 5.41. The van der Waals surface area contributed by atoms with Crippen LogP contribution in [0.4, 0.5) is 0 Å². The summed E-state index contributed by atoms with van der Waals surface area (Å²) in [6.45, 7) is 6.61. The number of hydrogen-bond acceptors (Lipinski definition) is 3. The molecule has 4 nitrogen and oxygen atoms in total. The van der Waals surface area contributed by atoms with E-state index in [9.17, 15) is 4.79 Å². The molecule has 0 saturated carbocycles. The van der Waals surface area contributed by atoms with Crippen molar-refractivity contribution in [1.82, 2.24) is 9.78 Å². The molecule has 1 aromatic carbocycles. The van der Waals surface area contributed by atoms with Gasteiger partial charge < -0.3 is 4.74 Å². The minimum atomic E-state index is -0.900. The van der Waals surface area contributed by atoms with E-state index in [1.165, 1.54) is 0 Å². The van der Waals surface area contributed by atoms with Gasteiger partial charge in [-0.05, 0) is 39.3 Å².